The van der Waals surface area contributed by atoms with Crippen molar-refractivity contribution in [2.75, 3.05) is 13.2 Å². The summed E-state index contributed by atoms with van der Waals surface area (Å²) in [6, 6.07) is 3.71. The third-order valence-electron chi connectivity index (χ3n) is 2.79. The van der Waals surface area contributed by atoms with E-state index in [1.165, 1.54) is 6.08 Å². The first-order valence-corrected chi connectivity index (χ1v) is 6.23. The van der Waals surface area contributed by atoms with Gasteiger partial charge in [0.15, 0.2) is 0 Å². The fourth-order valence-corrected chi connectivity index (χ4v) is 1.58. The monoisotopic (exact) mass is 248 g/mol. The SMILES string of the molecule is CCC(CCO)CNC(=O)C=Cc1cccnc1. The minimum atomic E-state index is -0.116. The Balaban J connectivity index is 2.35. The average Bonchev–Trinajstić information content (AvgIpc) is 2.42. The van der Waals surface area contributed by atoms with Gasteiger partial charge in [-0.25, -0.2) is 0 Å². The van der Waals surface area contributed by atoms with Gasteiger partial charge in [-0.3, -0.25) is 9.78 Å². The summed E-state index contributed by atoms with van der Waals surface area (Å²) < 4.78 is 0. The Kier molecular flexibility index (Phi) is 6.72. The number of rotatable bonds is 7. The summed E-state index contributed by atoms with van der Waals surface area (Å²) in [5.74, 6) is 0.223. The molecule has 2 N–H and O–H groups in total. The normalized spacial score (nSPS) is 12.6. The molecule has 0 aliphatic rings. The molecule has 1 rings (SSSR count). The fraction of sp³-hybridized carbons (Fsp3) is 0.429. The van der Waals surface area contributed by atoms with E-state index < -0.39 is 0 Å². The zero-order chi connectivity index (χ0) is 13.2. The van der Waals surface area contributed by atoms with Crippen molar-refractivity contribution in [3.8, 4) is 0 Å². The third-order valence-corrected chi connectivity index (χ3v) is 2.79. The van der Waals surface area contributed by atoms with Crippen LogP contribution in [0.2, 0.25) is 0 Å². The molecule has 0 aliphatic heterocycles. The van der Waals surface area contributed by atoms with E-state index in [9.17, 15) is 4.79 Å². The Bertz CT molecular complexity index is 377. The van der Waals surface area contributed by atoms with Crippen molar-refractivity contribution in [3.05, 3.63) is 36.2 Å². The minimum Gasteiger partial charge on any atom is -0.396 e. The highest BCUT2D eigenvalue weighted by Crippen LogP contribution is 2.05. The maximum atomic E-state index is 11.6. The molecule has 0 saturated heterocycles. The van der Waals surface area contributed by atoms with E-state index in [2.05, 4.69) is 17.2 Å². The molecule has 1 aromatic rings. The van der Waals surface area contributed by atoms with Crippen LogP contribution in [0.25, 0.3) is 6.08 Å². The van der Waals surface area contributed by atoms with Crippen LogP contribution in [-0.4, -0.2) is 29.1 Å². The summed E-state index contributed by atoms with van der Waals surface area (Å²) in [6.45, 7) is 2.82. The summed E-state index contributed by atoms with van der Waals surface area (Å²) in [4.78, 5) is 15.5. The first-order valence-electron chi connectivity index (χ1n) is 6.23. The van der Waals surface area contributed by atoms with E-state index >= 15 is 0 Å². The first-order chi connectivity index (χ1) is 8.76. The summed E-state index contributed by atoms with van der Waals surface area (Å²) in [5, 5.41) is 11.7. The zero-order valence-corrected chi connectivity index (χ0v) is 10.7. The van der Waals surface area contributed by atoms with Crippen LogP contribution in [0.15, 0.2) is 30.6 Å². The summed E-state index contributed by atoms with van der Waals surface area (Å²) >= 11 is 0. The second-order valence-electron chi connectivity index (χ2n) is 4.15. The predicted octanol–water partition coefficient (Wildman–Crippen LogP) is 1.62. The highest BCUT2D eigenvalue weighted by Gasteiger charge is 2.06. The van der Waals surface area contributed by atoms with Crippen LogP contribution < -0.4 is 5.32 Å². The molecule has 1 aromatic heterocycles. The van der Waals surface area contributed by atoms with Crippen molar-refractivity contribution in [3.63, 3.8) is 0 Å². The Morgan fingerprint density at radius 2 is 2.44 bits per heavy atom. The van der Waals surface area contributed by atoms with Crippen LogP contribution in [0.1, 0.15) is 25.3 Å². The molecule has 0 spiro atoms. The fourth-order valence-electron chi connectivity index (χ4n) is 1.58. The predicted molar refractivity (Wildman–Crippen MR) is 71.8 cm³/mol. The molecule has 98 valence electrons. The summed E-state index contributed by atoms with van der Waals surface area (Å²) in [7, 11) is 0. The average molecular weight is 248 g/mol. The summed E-state index contributed by atoms with van der Waals surface area (Å²) in [5.41, 5.74) is 0.898. The van der Waals surface area contributed by atoms with Gasteiger partial charge in [0.1, 0.15) is 0 Å². The molecule has 0 radical (unpaired) electrons. The molecule has 0 aromatic carbocycles. The molecule has 1 heterocycles. The van der Waals surface area contributed by atoms with Crippen molar-refractivity contribution in [1.29, 1.82) is 0 Å². The van der Waals surface area contributed by atoms with Crippen LogP contribution in [-0.2, 0) is 4.79 Å². The highest BCUT2D eigenvalue weighted by atomic mass is 16.3. The van der Waals surface area contributed by atoms with Crippen molar-refractivity contribution < 1.29 is 9.90 Å². The van der Waals surface area contributed by atoms with Gasteiger partial charge >= 0.3 is 0 Å². The van der Waals surface area contributed by atoms with Gasteiger partial charge in [-0.05, 0) is 30.0 Å². The lowest BCUT2D eigenvalue weighted by molar-refractivity contribution is -0.116. The van der Waals surface area contributed by atoms with Gasteiger partial charge in [-0.1, -0.05) is 19.4 Å². The number of hydrogen-bond acceptors (Lipinski definition) is 3. The number of nitrogens with one attached hydrogen (secondary N) is 1. The Hall–Kier alpha value is -1.68. The van der Waals surface area contributed by atoms with Crippen LogP contribution in [0.4, 0.5) is 0 Å². The minimum absolute atomic E-state index is 0.116. The second kappa shape index (κ2) is 8.42. The molecule has 4 heteroatoms. The largest absolute Gasteiger partial charge is 0.396 e. The number of aromatic nitrogens is 1. The Morgan fingerprint density at radius 3 is 3.06 bits per heavy atom. The molecular formula is C14H20N2O2. The smallest absolute Gasteiger partial charge is 0.244 e. The standard InChI is InChI=1S/C14H20N2O2/c1-2-12(7-9-17)11-16-14(18)6-5-13-4-3-8-15-10-13/h3-6,8,10,12,17H,2,7,9,11H2,1H3,(H,16,18). The first kappa shape index (κ1) is 14.4. The maximum absolute atomic E-state index is 11.6. The number of carbonyl (C=O) groups is 1. The van der Waals surface area contributed by atoms with Gasteiger partial charge in [-0.15, -0.1) is 0 Å². The molecular weight excluding hydrogens is 228 g/mol. The number of hydrogen-bond donors (Lipinski definition) is 2. The molecule has 1 atom stereocenters. The topological polar surface area (TPSA) is 62.2 Å². The van der Waals surface area contributed by atoms with Gasteiger partial charge in [0.2, 0.25) is 5.91 Å². The number of nitrogens with zero attached hydrogens (tertiary/aromatic N) is 1. The van der Waals surface area contributed by atoms with E-state index in [4.69, 9.17) is 5.11 Å². The van der Waals surface area contributed by atoms with Crippen molar-refractivity contribution in [2.45, 2.75) is 19.8 Å². The molecule has 1 unspecified atom stereocenters. The quantitative estimate of drug-likeness (QED) is 0.721. The number of aliphatic hydroxyl groups excluding tert-OH is 1. The van der Waals surface area contributed by atoms with Gasteiger partial charge < -0.3 is 10.4 Å². The van der Waals surface area contributed by atoms with Crippen molar-refractivity contribution >= 4 is 12.0 Å². The van der Waals surface area contributed by atoms with Gasteiger partial charge in [-0.2, -0.15) is 0 Å². The molecule has 0 saturated carbocycles. The van der Waals surface area contributed by atoms with E-state index in [-0.39, 0.29) is 12.5 Å². The third kappa shape index (κ3) is 5.59. The van der Waals surface area contributed by atoms with Crippen LogP contribution in [0, 0.1) is 5.92 Å². The van der Waals surface area contributed by atoms with Crippen molar-refractivity contribution in [2.24, 2.45) is 5.92 Å². The molecule has 1 amide bonds. The van der Waals surface area contributed by atoms with Crippen LogP contribution >= 0.6 is 0 Å². The Morgan fingerprint density at radius 1 is 1.61 bits per heavy atom. The molecule has 0 fully saturated rings. The second-order valence-corrected chi connectivity index (χ2v) is 4.15. The van der Waals surface area contributed by atoms with Gasteiger partial charge in [0.05, 0.1) is 0 Å². The van der Waals surface area contributed by atoms with E-state index in [1.54, 1.807) is 18.5 Å². The number of carbonyl (C=O) groups excluding carboxylic acids is 1. The lowest BCUT2D eigenvalue weighted by atomic mass is 10.0. The zero-order valence-electron chi connectivity index (χ0n) is 10.7. The lowest BCUT2D eigenvalue weighted by Crippen LogP contribution is -2.28. The molecule has 18 heavy (non-hydrogen) atoms. The molecule has 4 nitrogen and oxygen atoms in total. The van der Waals surface area contributed by atoms with Gasteiger partial charge in [0, 0.05) is 31.6 Å². The van der Waals surface area contributed by atoms with E-state index in [1.807, 2.05) is 12.1 Å². The number of amides is 1. The number of pyridine rings is 1. The number of aliphatic hydroxyl groups is 1. The highest BCUT2D eigenvalue weighted by molar-refractivity contribution is 5.91. The van der Waals surface area contributed by atoms with E-state index in [0.717, 1.165) is 18.4 Å². The summed E-state index contributed by atoms with van der Waals surface area (Å²) in [6.07, 6.45) is 8.30. The molecule has 0 aliphatic carbocycles. The van der Waals surface area contributed by atoms with Crippen LogP contribution in [0.3, 0.4) is 0 Å². The Labute approximate surface area is 108 Å². The maximum Gasteiger partial charge on any atom is 0.244 e. The van der Waals surface area contributed by atoms with E-state index in [0.29, 0.717) is 12.5 Å². The van der Waals surface area contributed by atoms with Crippen LogP contribution in [0.5, 0.6) is 0 Å². The lowest BCUT2D eigenvalue weighted by Gasteiger charge is -2.13. The van der Waals surface area contributed by atoms with Crippen molar-refractivity contribution in [1.82, 2.24) is 10.3 Å². The van der Waals surface area contributed by atoms with Gasteiger partial charge in [0.25, 0.3) is 0 Å². The molecule has 0 bridgehead atoms.